The molecule has 0 bridgehead atoms. The molecule has 0 aromatic heterocycles. The Morgan fingerprint density at radius 1 is 1.44 bits per heavy atom. The second-order valence-electron chi connectivity index (χ2n) is 4.14. The van der Waals surface area contributed by atoms with Crippen LogP contribution in [-0.2, 0) is 9.53 Å². The molecule has 0 heterocycles. The van der Waals surface area contributed by atoms with Crippen molar-refractivity contribution in [3.63, 3.8) is 0 Å². The molecular formula is C11H19NO4. The quantitative estimate of drug-likeness (QED) is 0.753. The standard InChI is InChI=1S/C11H19NO4/c1-2-16-11(15)12-9(10(13)14)7-8-5-3-4-6-8/h8-9H,2-7H2,1H3,(H,12,15)(H,13,14)/t9-/m0/s1. The summed E-state index contributed by atoms with van der Waals surface area (Å²) in [5, 5.41) is 11.4. The van der Waals surface area contributed by atoms with Crippen LogP contribution in [-0.4, -0.2) is 29.8 Å². The predicted molar refractivity (Wildman–Crippen MR) is 58.2 cm³/mol. The van der Waals surface area contributed by atoms with Gasteiger partial charge in [-0.1, -0.05) is 25.7 Å². The minimum atomic E-state index is -0.986. The lowest BCUT2D eigenvalue weighted by Gasteiger charge is -2.17. The minimum absolute atomic E-state index is 0.252. The number of hydrogen-bond acceptors (Lipinski definition) is 3. The number of carboxylic acids is 1. The van der Waals surface area contributed by atoms with Crippen molar-refractivity contribution in [1.82, 2.24) is 5.32 Å². The highest BCUT2D eigenvalue weighted by Gasteiger charge is 2.26. The molecule has 5 heteroatoms. The lowest BCUT2D eigenvalue weighted by molar-refractivity contribution is -0.139. The molecule has 92 valence electrons. The van der Waals surface area contributed by atoms with Crippen LogP contribution in [0, 0.1) is 5.92 Å². The van der Waals surface area contributed by atoms with Gasteiger partial charge in [0.15, 0.2) is 0 Å². The van der Waals surface area contributed by atoms with Crippen molar-refractivity contribution < 1.29 is 19.4 Å². The molecule has 1 rings (SSSR count). The Hall–Kier alpha value is -1.26. The van der Waals surface area contributed by atoms with Crippen LogP contribution in [0.2, 0.25) is 0 Å². The van der Waals surface area contributed by atoms with Crippen LogP contribution in [0.3, 0.4) is 0 Å². The molecule has 1 aliphatic rings. The van der Waals surface area contributed by atoms with E-state index in [9.17, 15) is 9.59 Å². The Bertz CT molecular complexity index is 248. The van der Waals surface area contributed by atoms with Crippen LogP contribution in [0.5, 0.6) is 0 Å². The summed E-state index contributed by atoms with van der Waals surface area (Å²) in [5.41, 5.74) is 0. The molecule has 0 aliphatic heterocycles. The van der Waals surface area contributed by atoms with E-state index in [-0.39, 0.29) is 6.61 Å². The van der Waals surface area contributed by atoms with E-state index in [2.05, 4.69) is 10.1 Å². The summed E-state index contributed by atoms with van der Waals surface area (Å²) in [5.74, 6) is -0.567. The molecule has 1 aliphatic carbocycles. The van der Waals surface area contributed by atoms with Crippen LogP contribution in [0.15, 0.2) is 0 Å². The molecule has 16 heavy (non-hydrogen) atoms. The van der Waals surface area contributed by atoms with Crippen LogP contribution in [0.4, 0.5) is 4.79 Å². The van der Waals surface area contributed by atoms with Crippen LogP contribution < -0.4 is 5.32 Å². The van der Waals surface area contributed by atoms with E-state index in [1.54, 1.807) is 6.92 Å². The van der Waals surface area contributed by atoms with Gasteiger partial charge in [-0.15, -0.1) is 0 Å². The molecule has 0 spiro atoms. The predicted octanol–water partition coefficient (Wildman–Crippen LogP) is 1.77. The zero-order valence-corrected chi connectivity index (χ0v) is 9.57. The highest BCUT2D eigenvalue weighted by molar-refractivity contribution is 5.79. The SMILES string of the molecule is CCOC(=O)N[C@@H](CC1CCCC1)C(=O)O. The Labute approximate surface area is 95.2 Å². The summed E-state index contributed by atoms with van der Waals surface area (Å²) < 4.78 is 4.67. The maximum absolute atomic E-state index is 11.1. The van der Waals surface area contributed by atoms with Crippen LogP contribution in [0.25, 0.3) is 0 Å². The molecule has 1 fully saturated rings. The fourth-order valence-corrected chi connectivity index (χ4v) is 2.12. The fourth-order valence-electron chi connectivity index (χ4n) is 2.12. The number of carbonyl (C=O) groups is 2. The van der Waals surface area contributed by atoms with E-state index in [4.69, 9.17) is 5.11 Å². The largest absolute Gasteiger partial charge is 0.480 e. The number of aliphatic carboxylic acids is 1. The third kappa shape index (κ3) is 4.08. The van der Waals surface area contributed by atoms with E-state index in [1.165, 1.54) is 0 Å². The van der Waals surface area contributed by atoms with Gasteiger partial charge < -0.3 is 15.2 Å². The van der Waals surface area contributed by atoms with Crippen molar-refractivity contribution >= 4 is 12.1 Å². The summed E-state index contributed by atoms with van der Waals surface area (Å²) in [6.07, 6.45) is 4.32. The van der Waals surface area contributed by atoms with E-state index in [0.717, 1.165) is 25.7 Å². The monoisotopic (exact) mass is 229 g/mol. The van der Waals surface area contributed by atoms with Gasteiger partial charge in [0, 0.05) is 0 Å². The Kier molecular flexibility index (Phi) is 5.08. The van der Waals surface area contributed by atoms with Crippen molar-refractivity contribution in [2.75, 3.05) is 6.61 Å². The van der Waals surface area contributed by atoms with Gasteiger partial charge in [-0.3, -0.25) is 0 Å². The van der Waals surface area contributed by atoms with E-state index in [1.807, 2.05) is 0 Å². The first-order chi connectivity index (χ1) is 7.63. The fraction of sp³-hybridized carbons (Fsp3) is 0.818. The summed E-state index contributed by atoms with van der Waals surface area (Å²) in [6, 6.07) is -0.817. The van der Waals surface area contributed by atoms with Gasteiger partial charge >= 0.3 is 12.1 Å². The third-order valence-electron chi connectivity index (χ3n) is 2.91. The highest BCUT2D eigenvalue weighted by Crippen LogP contribution is 2.28. The lowest BCUT2D eigenvalue weighted by Crippen LogP contribution is -2.42. The molecular weight excluding hydrogens is 210 g/mol. The Morgan fingerprint density at radius 2 is 2.06 bits per heavy atom. The molecule has 0 aromatic carbocycles. The van der Waals surface area contributed by atoms with Crippen molar-refractivity contribution in [3.8, 4) is 0 Å². The number of carboxylic acid groups (broad SMARTS) is 1. The third-order valence-corrected chi connectivity index (χ3v) is 2.91. The van der Waals surface area contributed by atoms with Gasteiger partial charge in [0.2, 0.25) is 0 Å². The molecule has 0 aromatic rings. The summed E-state index contributed by atoms with van der Waals surface area (Å²) in [4.78, 5) is 22.1. The molecule has 0 radical (unpaired) electrons. The van der Waals surface area contributed by atoms with Crippen LogP contribution >= 0.6 is 0 Å². The van der Waals surface area contributed by atoms with E-state index >= 15 is 0 Å². The molecule has 5 nitrogen and oxygen atoms in total. The van der Waals surface area contributed by atoms with Crippen LogP contribution in [0.1, 0.15) is 39.0 Å². The van der Waals surface area contributed by atoms with E-state index in [0.29, 0.717) is 12.3 Å². The zero-order valence-electron chi connectivity index (χ0n) is 9.57. The molecule has 2 N–H and O–H groups in total. The second kappa shape index (κ2) is 6.35. The summed E-state index contributed by atoms with van der Waals surface area (Å²) in [7, 11) is 0. The second-order valence-corrected chi connectivity index (χ2v) is 4.14. The lowest BCUT2D eigenvalue weighted by atomic mass is 9.98. The average molecular weight is 229 g/mol. The van der Waals surface area contributed by atoms with Gasteiger partial charge in [0.1, 0.15) is 6.04 Å². The van der Waals surface area contributed by atoms with E-state index < -0.39 is 18.1 Å². The maximum Gasteiger partial charge on any atom is 0.407 e. The van der Waals surface area contributed by atoms with Crippen molar-refractivity contribution in [2.24, 2.45) is 5.92 Å². The normalized spacial score (nSPS) is 18.1. The summed E-state index contributed by atoms with van der Waals surface area (Å²) in [6.45, 7) is 1.94. The average Bonchev–Trinajstić information content (AvgIpc) is 2.69. The number of nitrogens with one attached hydrogen (secondary N) is 1. The molecule has 1 amide bonds. The number of carbonyl (C=O) groups excluding carboxylic acids is 1. The first kappa shape index (κ1) is 12.8. The molecule has 0 unspecified atom stereocenters. The number of hydrogen-bond donors (Lipinski definition) is 2. The van der Waals surface area contributed by atoms with Crippen molar-refractivity contribution in [1.29, 1.82) is 0 Å². The van der Waals surface area contributed by atoms with Crippen molar-refractivity contribution in [2.45, 2.75) is 45.1 Å². The van der Waals surface area contributed by atoms with Crippen molar-refractivity contribution in [3.05, 3.63) is 0 Å². The van der Waals surface area contributed by atoms with Gasteiger partial charge in [0.25, 0.3) is 0 Å². The number of ether oxygens (including phenoxy) is 1. The molecule has 1 atom stereocenters. The number of rotatable bonds is 5. The molecule has 1 saturated carbocycles. The topological polar surface area (TPSA) is 75.6 Å². The molecule has 0 saturated heterocycles. The smallest absolute Gasteiger partial charge is 0.407 e. The first-order valence-electron chi connectivity index (χ1n) is 5.79. The number of amides is 1. The zero-order chi connectivity index (χ0) is 12.0. The number of alkyl carbamates (subject to hydrolysis) is 1. The maximum atomic E-state index is 11.1. The Balaban J connectivity index is 2.40. The highest BCUT2D eigenvalue weighted by atomic mass is 16.5. The summed E-state index contributed by atoms with van der Waals surface area (Å²) >= 11 is 0. The first-order valence-corrected chi connectivity index (χ1v) is 5.79. The van der Waals surface area contributed by atoms with Gasteiger partial charge in [0.05, 0.1) is 6.61 Å². The van der Waals surface area contributed by atoms with Gasteiger partial charge in [-0.25, -0.2) is 9.59 Å². The van der Waals surface area contributed by atoms with Gasteiger partial charge in [-0.05, 0) is 19.3 Å². The Morgan fingerprint density at radius 3 is 2.56 bits per heavy atom. The minimum Gasteiger partial charge on any atom is -0.480 e. The van der Waals surface area contributed by atoms with Gasteiger partial charge in [-0.2, -0.15) is 0 Å².